The van der Waals surface area contributed by atoms with Crippen molar-refractivity contribution in [2.75, 3.05) is 45.1 Å². The van der Waals surface area contributed by atoms with E-state index in [1.165, 1.54) is 19.6 Å². The Hall–Kier alpha value is -2.84. The van der Waals surface area contributed by atoms with Crippen LogP contribution in [0.1, 0.15) is 25.7 Å². The molecular weight excluding hydrogens is 414 g/mol. The number of benzene rings is 1. The highest BCUT2D eigenvalue weighted by Gasteiger charge is 2.28. The monoisotopic (exact) mass is 447 g/mol. The summed E-state index contributed by atoms with van der Waals surface area (Å²) in [6.07, 6.45) is 9.73. The van der Waals surface area contributed by atoms with Crippen molar-refractivity contribution in [1.29, 1.82) is 0 Å². The maximum Gasteiger partial charge on any atom is 0.229 e. The molecule has 3 heterocycles. The number of hydrogen-bond donors (Lipinski definition) is 1. The number of rotatable bonds is 5. The topological polar surface area (TPSA) is 79.2 Å². The summed E-state index contributed by atoms with van der Waals surface area (Å²) in [7, 11) is 4.10. The molecule has 1 saturated carbocycles. The van der Waals surface area contributed by atoms with Crippen molar-refractivity contribution in [3.8, 4) is 11.1 Å². The maximum atomic E-state index is 12.9. The van der Waals surface area contributed by atoms with Crippen LogP contribution in [0.4, 0.5) is 5.95 Å². The number of nitrogens with zero attached hydrogens (tertiary/aromatic N) is 6. The maximum absolute atomic E-state index is 12.9. The Labute approximate surface area is 195 Å². The standard InChI is InChI=1S/C25H33N7O/c1-30-9-11-32(12-10-30)16-18-3-5-19(6-4-18)24(33)29-25-26-14-21-8-7-20(13-23(21)28-25)22-15-27-31(2)17-22/h7-8,13-15,17-19H,3-6,9-12,16H2,1-2H3,(H,26,28,29,33). The second-order valence-electron chi connectivity index (χ2n) is 9.68. The van der Waals surface area contributed by atoms with Crippen LogP contribution < -0.4 is 5.32 Å². The molecule has 1 aliphatic carbocycles. The summed E-state index contributed by atoms with van der Waals surface area (Å²) in [5.74, 6) is 1.20. The van der Waals surface area contributed by atoms with Crippen LogP contribution in [0.15, 0.2) is 36.8 Å². The predicted molar refractivity (Wildman–Crippen MR) is 130 cm³/mol. The highest BCUT2D eigenvalue weighted by Crippen LogP contribution is 2.30. The fraction of sp³-hybridized carbons (Fsp3) is 0.520. The van der Waals surface area contributed by atoms with Crippen molar-refractivity contribution < 1.29 is 4.79 Å². The van der Waals surface area contributed by atoms with Crippen LogP contribution in [0.3, 0.4) is 0 Å². The fourth-order valence-electron chi connectivity index (χ4n) is 5.05. The number of anilines is 1. The molecule has 0 spiro atoms. The van der Waals surface area contributed by atoms with Gasteiger partial charge in [0.05, 0.1) is 11.7 Å². The summed E-state index contributed by atoms with van der Waals surface area (Å²) >= 11 is 0. The first kappa shape index (κ1) is 22.0. The SMILES string of the molecule is CN1CCN(CC2CCC(C(=O)Nc3ncc4ccc(-c5cnn(C)c5)cc4n3)CC2)CC1. The molecule has 174 valence electrons. The van der Waals surface area contributed by atoms with E-state index in [-0.39, 0.29) is 11.8 Å². The molecule has 1 aromatic carbocycles. The minimum Gasteiger partial charge on any atom is -0.304 e. The molecule has 1 amide bonds. The fourth-order valence-corrected chi connectivity index (χ4v) is 5.05. The predicted octanol–water partition coefficient (Wildman–Crippen LogP) is 3.02. The second kappa shape index (κ2) is 9.57. The van der Waals surface area contributed by atoms with Gasteiger partial charge in [-0.1, -0.05) is 12.1 Å². The zero-order chi connectivity index (χ0) is 22.8. The van der Waals surface area contributed by atoms with Crippen molar-refractivity contribution in [3.63, 3.8) is 0 Å². The number of aromatic nitrogens is 4. The van der Waals surface area contributed by atoms with Gasteiger partial charge in [0.2, 0.25) is 11.9 Å². The van der Waals surface area contributed by atoms with Crippen molar-refractivity contribution in [3.05, 3.63) is 36.8 Å². The van der Waals surface area contributed by atoms with E-state index in [0.717, 1.165) is 60.8 Å². The Bertz CT molecular complexity index is 1110. The van der Waals surface area contributed by atoms with Gasteiger partial charge in [0, 0.05) is 69.0 Å². The Morgan fingerprint density at radius 1 is 1.03 bits per heavy atom. The van der Waals surface area contributed by atoms with E-state index in [1.807, 2.05) is 37.6 Å². The number of carbonyl (C=O) groups is 1. The molecule has 0 unspecified atom stereocenters. The van der Waals surface area contributed by atoms with Crippen molar-refractivity contribution in [2.45, 2.75) is 25.7 Å². The van der Waals surface area contributed by atoms with Gasteiger partial charge in [-0.15, -0.1) is 0 Å². The Kier molecular flexibility index (Phi) is 6.37. The molecular formula is C25H33N7O. The van der Waals surface area contributed by atoms with Gasteiger partial charge in [-0.25, -0.2) is 9.97 Å². The number of fused-ring (bicyclic) bond motifs is 1. The molecule has 1 N–H and O–H groups in total. The summed E-state index contributed by atoms with van der Waals surface area (Å²) < 4.78 is 1.78. The Morgan fingerprint density at radius 3 is 2.55 bits per heavy atom. The lowest BCUT2D eigenvalue weighted by Gasteiger charge is -2.36. The van der Waals surface area contributed by atoms with Gasteiger partial charge in [0.25, 0.3) is 0 Å². The van der Waals surface area contributed by atoms with Crippen LogP contribution in [-0.4, -0.2) is 75.2 Å². The third-order valence-corrected chi connectivity index (χ3v) is 7.19. The minimum atomic E-state index is 0.0507. The first-order valence-corrected chi connectivity index (χ1v) is 12.0. The molecule has 1 aliphatic heterocycles. The summed E-state index contributed by atoms with van der Waals surface area (Å²) in [6, 6.07) is 6.07. The summed E-state index contributed by atoms with van der Waals surface area (Å²) in [6.45, 7) is 5.83. The first-order valence-electron chi connectivity index (χ1n) is 12.0. The third kappa shape index (κ3) is 5.23. The van der Waals surface area contributed by atoms with Gasteiger partial charge < -0.3 is 9.80 Å². The van der Waals surface area contributed by atoms with E-state index in [0.29, 0.717) is 11.9 Å². The molecule has 0 bridgehead atoms. The van der Waals surface area contributed by atoms with Crippen LogP contribution >= 0.6 is 0 Å². The number of amides is 1. The van der Waals surface area contributed by atoms with Gasteiger partial charge in [-0.3, -0.25) is 14.8 Å². The van der Waals surface area contributed by atoms with E-state index in [4.69, 9.17) is 0 Å². The van der Waals surface area contributed by atoms with Crippen LogP contribution in [0.2, 0.25) is 0 Å². The number of likely N-dealkylation sites (N-methyl/N-ethyl adjacent to an activating group) is 1. The first-order chi connectivity index (χ1) is 16.0. The summed E-state index contributed by atoms with van der Waals surface area (Å²) in [5, 5.41) is 8.17. The summed E-state index contributed by atoms with van der Waals surface area (Å²) in [4.78, 5) is 26.9. The molecule has 2 aliphatic rings. The number of hydrogen-bond acceptors (Lipinski definition) is 6. The Morgan fingerprint density at radius 2 is 1.82 bits per heavy atom. The molecule has 2 aromatic heterocycles. The lowest BCUT2D eigenvalue weighted by molar-refractivity contribution is -0.121. The molecule has 1 saturated heterocycles. The normalized spacial score (nSPS) is 22.5. The lowest BCUT2D eigenvalue weighted by atomic mass is 9.81. The number of carbonyl (C=O) groups excluding carboxylic acids is 1. The quantitative estimate of drug-likeness (QED) is 0.648. The van der Waals surface area contributed by atoms with Crippen LogP contribution in [0, 0.1) is 11.8 Å². The second-order valence-corrected chi connectivity index (χ2v) is 9.68. The van der Waals surface area contributed by atoms with Crippen LogP contribution in [-0.2, 0) is 11.8 Å². The van der Waals surface area contributed by atoms with Crippen molar-refractivity contribution in [2.24, 2.45) is 18.9 Å². The van der Waals surface area contributed by atoms with E-state index < -0.39 is 0 Å². The van der Waals surface area contributed by atoms with Gasteiger partial charge in [0.15, 0.2) is 0 Å². The Balaban J connectivity index is 1.18. The third-order valence-electron chi connectivity index (χ3n) is 7.19. The summed E-state index contributed by atoms with van der Waals surface area (Å²) in [5.41, 5.74) is 2.90. The molecule has 5 rings (SSSR count). The average Bonchev–Trinajstić information content (AvgIpc) is 3.27. The van der Waals surface area contributed by atoms with Crippen molar-refractivity contribution >= 4 is 22.8 Å². The molecule has 0 atom stereocenters. The molecule has 0 radical (unpaired) electrons. The smallest absolute Gasteiger partial charge is 0.229 e. The minimum absolute atomic E-state index is 0.0507. The van der Waals surface area contributed by atoms with E-state index in [9.17, 15) is 4.79 Å². The van der Waals surface area contributed by atoms with Gasteiger partial charge in [-0.05, 0) is 50.3 Å². The van der Waals surface area contributed by atoms with E-state index >= 15 is 0 Å². The number of nitrogens with one attached hydrogen (secondary N) is 1. The molecule has 3 aromatic rings. The van der Waals surface area contributed by atoms with E-state index in [1.54, 1.807) is 10.9 Å². The number of aryl methyl sites for hydroxylation is 1. The molecule has 8 heteroatoms. The number of piperazine rings is 1. The van der Waals surface area contributed by atoms with E-state index in [2.05, 4.69) is 37.2 Å². The van der Waals surface area contributed by atoms with Gasteiger partial charge in [0.1, 0.15) is 0 Å². The largest absolute Gasteiger partial charge is 0.304 e. The van der Waals surface area contributed by atoms with Gasteiger partial charge >= 0.3 is 0 Å². The van der Waals surface area contributed by atoms with Crippen molar-refractivity contribution in [1.82, 2.24) is 29.5 Å². The average molecular weight is 448 g/mol. The lowest BCUT2D eigenvalue weighted by Crippen LogP contribution is -2.46. The molecule has 2 fully saturated rings. The van der Waals surface area contributed by atoms with Crippen LogP contribution in [0.25, 0.3) is 22.0 Å². The zero-order valence-electron chi connectivity index (χ0n) is 19.6. The highest BCUT2D eigenvalue weighted by molar-refractivity contribution is 5.92. The van der Waals surface area contributed by atoms with Gasteiger partial charge in [-0.2, -0.15) is 5.10 Å². The zero-order valence-corrected chi connectivity index (χ0v) is 19.6. The van der Waals surface area contributed by atoms with Crippen LogP contribution in [0.5, 0.6) is 0 Å². The molecule has 33 heavy (non-hydrogen) atoms. The molecule has 8 nitrogen and oxygen atoms in total. The highest BCUT2D eigenvalue weighted by atomic mass is 16.2.